The van der Waals surface area contributed by atoms with Crippen molar-refractivity contribution < 1.29 is 0 Å². The van der Waals surface area contributed by atoms with Gasteiger partial charge in [0.25, 0.3) is 0 Å². The average molecular weight is 375 g/mol. The highest BCUT2D eigenvalue weighted by Gasteiger charge is 2.22. The number of likely N-dealkylation sites (tertiary alicyclic amines) is 1. The van der Waals surface area contributed by atoms with Gasteiger partial charge in [-0.2, -0.15) is 11.8 Å². The average Bonchev–Trinajstić information content (AvgIpc) is 3.35. The van der Waals surface area contributed by atoms with Crippen LogP contribution in [-0.4, -0.2) is 61.1 Å². The minimum Gasteiger partial charge on any atom is -0.357 e. The summed E-state index contributed by atoms with van der Waals surface area (Å²) in [5.41, 5.74) is 1.44. The molecule has 2 heterocycles. The molecule has 5 heteroatoms. The van der Waals surface area contributed by atoms with Crippen molar-refractivity contribution in [2.45, 2.75) is 37.9 Å². The number of guanidine groups is 1. The van der Waals surface area contributed by atoms with Gasteiger partial charge in [0.2, 0.25) is 0 Å². The lowest BCUT2D eigenvalue weighted by Gasteiger charge is -2.17. The Morgan fingerprint density at radius 2 is 2.12 bits per heavy atom. The number of nitrogens with zero attached hydrogens (tertiary/aromatic N) is 2. The largest absolute Gasteiger partial charge is 0.357 e. The zero-order chi connectivity index (χ0) is 18.0. The lowest BCUT2D eigenvalue weighted by Crippen LogP contribution is -2.40. The van der Waals surface area contributed by atoms with Crippen molar-refractivity contribution in [2.75, 3.05) is 45.0 Å². The van der Waals surface area contributed by atoms with Gasteiger partial charge in [0.15, 0.2) is 5.96 Å². The molecule has 144 valence electrons. The molecule has 2 atom stereocenters. The Labute approximate surface area is 163 Å². The summed E-state index contributed by atoms with van der Waals surface area (Å²) in [5, 5.41) is 7.72. The molecule has 0 radical (unpaired) electrons. The first-order chi connectivity index (χ1) is 12.8. The van der Waals surface area contributed by atoms with Gasteiger partial charge in [-0.3, -0.25) is 4.99 Å². The first-order valence-corrected chi connectivity index (χ1v) is 11.3. The second-order valence-corrected chi connectivity index (χ2v) is 8.83. The minimum atomic E-state index is 0.696. The summed E-state index contributed by atoms with van der Waals surface area (Å²) >= 11 is 2.10. The van der Waals surface area contributed by atoms with Crippen molar-refractivity contribution in [3.63, 3.8) is 0 Å². The molecule has 4 nitrogen and oxygen atoms in total. The normalized spacial score (nSPS) is 24.1. The molecule has 3 rings (SSSR count). The molecule has 0 saturated carbocycles. The molecule has 0 bridgehead atoms. The fourth-order valence-electron chi connectivity index (χ4n) is 3.77. The van der Waals surface area contributed by atoms with Gasteiger partial charge in [-0.25, -0.2) is 0 Å². The summed E-state index contributed by atoms with van der Waals surface area (Å²) in [6, 6.07) is 10.8. The summed E-state index contributed by atoms with van der Waals surface area (Å²) < 4.78 is 0. The van der Waals surface area contributed by atoms with E-state index in [0.717, 1.165) is 37.3 Å². The van der Waals surface area contributed by atoms with E-state index in [2.05, 4.69) is 64.6 Å². The number of hydrogen-bond acceptors (Lipinski definition) is 3. The summed E-state index contributed by atoms with van der Waals surface area (Å²) in [6.07, 6.45) is 5.14. The van der Waals surface area contributed by atoms with Crippen molar-refractivity contribution >= 4 is 17.7 Å². The quantitative estimate of drug-likeness (QED) is 0.542. The summed E-state index contributed by atoms with van der Waals surface area (Å²) in [4.78, 5) is 7.47. The van der Waals surface area contributed by atoms with Crippen molar-refractivity contribution in [2.24, 2.45) is 10.9 Å². The predicted octanol–water partition coefficient (Wildman–Crippen LogP) is 3.00. The fourth-order valence-corrected chi connectivity index (χ4v) is 4.98. The minimum absolute atomic E-state index is 0.696. The summed E-state index contributed by atoms with van der Waals surface area (Å²) in [7, 11) is 0. The summed E-state index contributed by atoms with van der Waals surface area (Å²) in [6.45, 7) is 8.63. The Kier molecular flexibility index (Phi) is 8.15. The molecule has 2 saturated heterocycles. The van der Waals surface area contributed by atoms with Crippen LogP contribution in [-0.2, 0) is 6.42 Å². The third kappa shape index (κ3) is 6.51. The Hall–Kier alpha value is -1.20. The van der Waals surface area contributed by atoms with Gasteiger partial charge in [0.05, 0.1) is 0 Å². The first-order valence-electron chi connectivity index (χ1n) is 10.2. The first kappa shape index (κ1) is 19.6. The van der Waals surface area contributed by atoms with E-state index in [0.29, 0.717) is 5.92 Å². The van der Waals surface area contributed by atoms with Crippen LogP contribution in [0, 0.1) is 5.92 Å². The predicted molar refractivity (Wildman–Crippen MR) is 114 cm³/mol. The monoisotopic (exact) mass is 374 g/mol. The Morgan fingerprint density at radius 1 is 1.23 bits per heavy atom. The molecule has 1 aromatic carbocycles. The lowest BCUT2D eigenvalue weighted by atomic mass is 10.1. The zero-order valence-electron chi connectivity index (χ0n) is 16.1. The second-order valence-electron chi connectivity index (χ2n) is 7.43. The topological polar surface area (TPSA) is 39.7 Å². The number of rotatable bonds is 8. The molecule has 0 aromatic heterocycles. The van der Waals surface area contributed by atoms with Crippen molar-refractivity contribution in [1.29, 1.82) is 0 Å². The van der Waals surface area contributed by atoms with E-state index in [1.807, 2.05) is 0 Å². The molecule has 0 amide bonds. The highest BCUT2D eigenvalue weighted by atomic mass is 32.2. The summed E-state index contributed by atoms with van der Waals surface area (Å²) in [5.74, 6) is 3.02. The SMILES string of the molecule is CCNC(=NCC1CCN(CCc2ccccc2)C1)NCC1CCCS1. The van der Waals surface area contributed by atoms with Crippen LogP contribution >= 0.6 is 11.8 Å². The number of aliphatic imine (C=N–C) groups is 1. The van der Waals surface area contributed by atoms with Crippen LogP contribution in [0.5, 0.6) is 0 Å². The van der Waals surface area contributed by atoms with Crippen LogP contribution in [0.1, 0.15) is 31.7 Å². The number of nitrogens with one attached hydrogen (secondary N) is 2. The number of thioether (sulfide) groups is 1. The van der Waals surface area contributed by atoms with Crippen molar-refractivity contribution in [3.05, 3.63) is 35.9 Å². The third-order valence-electron chi connectivity index (χ3n) is 5.30. The third-order valence-corrected chi connectivity index (χ3v) is 6.70. The molecule has 0 aliphatic carbocycles. The molecule has 2 N–H and O–H groups in total. The van der Waals surface area contributed by atoms with Crippen LogP contribution in [0.2, 0.25) is 0 Å². The van der Waals surface area contributed by atoms with Gasteiger partial charge < -0.3 is 15.5 Å². The molecule has 2 aliphatic heterocycles. The standard InChI is InChI=1S/C21H34N4S/c1-2-22-21(24-16-20-9-6-14-26-20)23-15-19-11-13-25(17-19)12-10-18-7-4-3-5-8-18/h3-5,7-8,19-20H,2,6,9-17H2,1H3,(H2,22,23,24). The van der Waals surface area contributed by atoms with Gasteiger partial charge in [-0.15, -0.1) is 0 Å². The van der Waals surface area contributed by atoms with Crippen LogP contribution in [0.4, 0.5) is 0 Å². The van der Waals surface area contributed by atoms with E-state index in [-0.39, 0.29) is 0 Å². The van der Waals surface area contributed by atoms with Crippen LogP contribution < -0.4 is 10.6 Å². The lowest BCUT2D eigenvalue weighted by molar-refractivity contribution is 0.329. The highest BCUT2D eigenvalue weighted by molar-refractivity contribution is 8.00. The Balaban J connectivity index is 1.38. The van der Waals surface area contributed by atoms with Gasteiger partial charge >= 0.3 is 0 Å². The van der Waals surface area contributed by atoms with Gasteiger partial charge in [-0.05, 0) is 56.4 Å². The molecular formula is C21H34N4S. The van der Waals surface area contributed by atoms with E-state index in [1.54, 1.807) is 0 Å². The maximum Gasteiger partial charge on any atom is 0.191 e. The van der Waals surface area contributed by atoms with Gasteiger partial charge in [-0.1, -0.05) is 30.3 Å². The molecule has 2 unspecified atom stereocenters. The Bertz CT molecular complexity index is 542. The maximum absolute atomic E-state index is 4.87. The van der Waals surface area contributed by atoms with E-state index < -0.39 is 0 Å². The van der Waals surface area contributed by atoms with Gasteiger partial charge in [0.1, 0.15) is 0 Å². The molecule has 1 aromatic rings. The van der Waals surface area contributed by atoms with Crippen LogP contribution in [0.15, 0.2) is 35.3 Å². The number of hydrogen-bond donors (Lipinski definition) is 2. The van der Waals surface area contributed by atoms with Crippen LogP contribution in [0.25, 0.3) is 0 Å². The van der Waals surface area contributed by atoms with Crippen LogP contribution in [0.3, 0.4) is 0 Å². The smallest absolute Gasteiger partial charge is 0.191 e. The molecular weight excluding hydrogens is 340 g/mol. The van der Waals surface area contributed by atoms with E-state index in [9.17, 15) is 0 Å². The van der Waals surface area contributed by atoms with Gasteiger partial charge in [0, 0.05) is 38.0 Å². The van der Waals surface area contributed by atoms with Crippen molar-refractivity contribution in [1.82, 2.24) is 15.5 Å². The Morgan fingerprint density at radius 3 is 2.88 bits per heavy atom. The van der Waals surface area contributed by atoms with E-state index in [1.165, 1.54) is 50.2 Å². The number of benzene rings is 1. The van der Waals surface area contributed by atoms with E-state index >= 15 is 0 Å². The molecule has 26 heavy (non-hydrogen) atoms. The molecule has 0 spiro atoms. The zero-order valence-corrected chi connectivity index (χ0v) is 16.9. The molecule has 2 aliphatic rings. The second kappa shape index (κ2) is 10.8. The highest BCUT2D eigenvalue weighted by Crippen LogP contribution is 2.25. The molecule has 2 fully saturated rings. The van der Waals surface area contributed by atoms with Crippen molar-refractivity contribution in [3.8, 4) is 0 Å². The maximum atomic E-state index is 4.87. The van der Waals surface area contributed by atoms with E-state index in [4.69, 9.17) is 4.99 Å². The fraction of sp³-hybridized carbons (Fsp3) is 0.667.